The molecule has 0 radical (unpaired) electrons. The van der Waals surface area contributed by atoms with Crippen molar-refractivity contribution in [2.24, 2.45) is 0 Å². The van der Waals surface area contributed by atoms with Crippen LogP contribution in [-0.4, -0.2) is 22.9 Å². The first-order chi connectivity index (χ1) is 7.31. The zero-order chi connectivity index (χ0) is 11.4. The number of rotatable bonds is 5. The summed E-state index contributed by atoms with van der Waals surface area (Å²) >= 11 is 2.21. The first kappa shape index (κ1) is 14.5. The molecule has 0 unspecified atom stereocenters. The minimum Gasteiger partial charge on any atom is -0.393 e. The zero-order valence-electron chi connectivity index (χ0n) is 8.54. The molecule has 0 fully saturated rings. The molecule has 82 valence electrons. The third-order valence-corrected chi connectivity index (χ3v) is 2.08. The summed E-state index contributed by atoms with van der Waals surface area (Å²) in [5.74, 6) is 10.5. The number of hydrogen-bond donors (Lipinski definition) is 2. The Balaban J connectivity index is 3.49. The van der Waals surface area contributed by atoms with Gasteiger partial charge in [0.1, 0.15) is 6.10 Å². The van der Waals surface area contributed by atoms with Gasteiger partial charge in [0, 0.05) is 6.42 Å². The maximum Gasteiger partial charge on any atom is 0.138 e. The molecule has 0 aromatic rings. The maximum atomic E-state index is 8.86. The predicted octanol–water partition coefficient (Wildman–Crippen LogP) is 1.86. The van der Waals surface area contributed by atoms with E-state index in [0.717, 1.165) is 25.7 Å². The normalized spacial score (nSPS) is 11.4. The van der Waals surface area contributed by atoms with Crippen LogP contribution in [0, 0.1) is 23.7 Å². The highest BCUT2D eigenvalue weighted by atomic mass is 127. The van der Waals surface area contributed by atoms with E-state index < -0.39 is 6.10 Å². The summed E-state index contributed by atoms with van der Waals surface area (Å²) in [5, 5.41) is 17.3. The van der Waals surface area contributed by atoms with Gasteiger partial charge in [0.15, 0.2) is 0 Å². The van der Waals surface area contributed by atoms with Crippen LogP contribution in [0.4, 0.5) is 0 Å². The fraction of sp³-hybridized carbons (Fsp3) is 0.500. The molecule has 0 aliphatic rings. The lowest BCUT2D eigenvalue weighted by Crippen LogP contribution is -2.07. The fourth-order valence-electron chi connectivity index (χ4n) is 0.810. The van der Waals surface area contributed by atoms with E-state index in [0.29, 0.717) is 0 Å². The molecule has 0 spiro atoms. The van der Waals surface area contributed by atoms with Crippen molar-refractivity contribution in [3.63, 3.8) is 0 Å². The quantitative estimate of drug-likeness (QED) is 0.461. The van der Waals surface area contributed by atoms with E-state index in [9.17, 15) is 0 Å². The zero-order valence-corrected chi connectivity index (χ0v) is 10.7. The van der Waals surface area contributed by atoms with Crippen LogP contribution in [0.5, 0.6) is 0 Å². The Morgan fingerprint density at radius 1 is 1.27 bits per heavy atom. The Bertz CT molecular complexity index is 288. The van der Waals surface area contributed by atoms with Gasteiger partial charge in [0.05, 0.1) is 6.61 Å². The second-order valence-electron chi connectivity index (χ2n) is 2.88. The van der Waals surface area contributed by atoms with Crippen molar-refractivity contribution in [2.75, 3.05) is 6.61 Å². The third kappa shape index (κ3) is 11.4. The molecule has 0 heterocycles. The lowest BCUT2D eigenvalue weighted by atomic mass is 10.2. The van der Waals surface area contributed by atoms with Crippen LogP contribution in [0.15, 0.2) is 10.2 Å². The van der Waals surface area contributed by atoms with Gasteiger partial charge < -0.3 is 10.2 Å². The highest BCUT2D eigenvalue weighted by molar-refractivity contribution is 14.1. The van der Waals surface area contributed by atoms with E-state index in [-0.39, 0.29) is 6.61 Å². The van der Waals surface area contributed by atoms with Gasteiger partial charge >= 0.3 is 0 Å². The minimum atomic E-state index is -0.965. The monoisotopic (exact) mass is 318 g/mol. The Morgan fingerprint density at radius 2 is 2.07 bits per heavy atom. The van der Waals surface area contributed by atoms with Crippen molar-refractivity contribution in [2.45, 2.75) is 31.8 Å². The summed E-state index contributed by atoms with van der Waals surface area (Å²) in [6, 6.07) is 0. The van der Waals surface area contributed by atoms with Gasteiger partial charge in [-0.2, -0.15) is 0 Å². The summed E-state index contributed by atoms with van der Waals surface area (Å²) in [6.45, 7) is -0.336. The van der Waals surface area contributed by atoms with Crippen molar-refractivity contribution >= 4 is 22.6 Å². The van der Waals surface area contributed by atoms with Crippen molar-refractivity contribution < 1.29 is 10.2 Å². The summed E-state index contributed by atoms with van der Waals surface area (Å²) in [6.07, 6.45) is 5.30. The number of halogens is 1. The molecule has 0 aromatic heterocycles. The number of unbranched alkanes of at least 4 members (excludes halogenated alkanes) is 3. The second kappa shape index (κ2) is 11.6. The molecule has 0 aliphatic carbocycles. The standard InChI is InChI=1S/C12H15IO2/c13-10-8-6-4-2-1-3-5-7-9-12(15)11-14/h8,10,12,14-15H,1-2,4,6,11H2/b10-8+/t12-/m0/s1. The van der Waals surface area contributed by atoms with Gasteiger partial charge in [-0.05, 0) is 35.2 Å². The van der Waals surface area contributed by atoms with E-state index in [1.165, 1.54) is 0 Å². The highest BCUT2D eigenvalue weighted by Crippen LogP contribution is 2.00. The molecule has 3 heteroatoms. The number of hydrogen-bond acceptors (Lipinski definition) is 2. The number of allylic oxidation sites excluding steroid dienone is 1. The molecule has 0 rings (SSSR count). The van der Waals surface area contributed by atoms with Crippen LogP contribution in [0.25, 0.3) is 0 Å². The fourth-order valence-corrected chi connectivity index (χ4v) is 1.17. The van der Waals surface area contributed by atoms with Gasteiger partial charge in [0.25, 0.3) is 0 Å². The minimum absolute atomic E-state index is 0.336. The van der Waals surface area contributed by atoms with Crippen molar-refractivity contribution in [1.82, 2.24) is 0 Å². The van der Waals surface area contributed by atoms with Gasteiger partial charge in [-0.1, -0.05) is 40.5 Å². The van der Waals surface area contributed by atoms with Crippen LogP contribution < -0.4 is 0 Å². The molecule has 15 heavy (non-hydrogen) atoms. The molecular weight excluding hydrogens is 303 g/mol. The molecule has 2 N–H and O–H groups in total. The average molecular weight is 318 g/mol. The Morgan fingerprint density at radius 3 is 2.73 bits per heavy atom. The molecule has 0 bridgehead atoms. The van der Waals surface area contributed by atoms with Crippen LogP contribution >= 0.6 is 22.6 Å². The van der Waals surface area contributed by atoms with Crippen molar-refractivity contribution in [3.05, 3.63) is 10.2 Å². The average Bonchev–Trinajstić information content (AvgIpc) is 2.26. The van der Waals surface area contributed by atoms with Crippen LogP contribution in [-0.2, 0) is 0 Å². The molecular formula is C12H15IO2. The third-order valence-electron chi connectivity index (χ3n) is 1.57. The molecule has 2 nitrogen and oxygen atoms in total. The smallest absolute Gasteiger partial charge is 0.138 e. The lowest BCUT2D eigenvalue weighted by molar-refractivity contribution is 0.138. The van der Waals surface area contributed by atoms with Gasteiger partial charge in [-0.25, -0.2) is 0 Å². The Kier molecular flexibility index (Phi) is 11.2. The van der Waals surface area contributed by atoms with Gasteiger partial charge in [-0.15, -0.1) is 0 Å². The topological polar surface area (TPSA) is 40.5 Å². The lowest BCUT2D eigenvalue weighted by Gasteiger charge is -1.91. The van der Waals surface area contributed by atoms with E-state index in [1.54, 1.807) is 0 Å². The summed E-state index contributed by atoms with van der Waals surface area (Å²) in [7, 11) is 0. The maximum absolute atomic E-state index is 8.86. The second-order valence-corrected chi connectivity index (χ2v) is 3.60. The van der Waals surface area contributed by atoms with Crippen LogP contribution in [0.2, 0.25) is 0 Å². The van der Waals surface area contributed by atoms with Crippen molar-refractivity contribution in [1.29, 1.82) is 0 Å². The summed E-state index contributed by atoms with van der Waals surface area (Å²) in [4.78, 5) is 0. The van der Waals surface area contributed by atoms with E-state index in [1.807, 2.05) is 4.08 Å². The molecule has 0 saturated carbocycles. The first-order valence-electron chi connectivity index (χ1n) is 4.83. The molecule has 0 aliphatic heterocycles. The highest BCUT2D eigenvalue weighted by Gasteiger charge is 1.90. The SMILES string of the molecule is OC[C@@H](O)C#CC#CCCCC/C=C/I. The Hall–Kier alpha value is -0.490. The van der Waals surface area contributed by atoms with Crippen LogP contribution in [0.3, 0.4) is 0 Å². The Labute approximate surface area is 105 Å². The van der Waals surface area contributed by atoms with Gasteiger partial charge in [0.2, 0.25) is 0 Å². The predicted molar refractivity (Wildman–Crippen MR) is 70.3 cm³/mol. The number of aliphatic hydroxyl groups excluding tert-OH is 2. The molecule has 0 saturated heterocycles. The van der Waals surface area contributed by atoms with Crippen LogP contribution in [0.1, 0.15) is 25.7 Å². The molecule has 0 aromatic carbocycles. The summed E-state index contributed by atoms with van der Waals surface area (Å²) < 4.78 is 2.02. The van der Waals surface area contributed by atoms with Crippen molar-refractivity contribution in [3.8, 4) is 23.7 Å². The van der Waals surface area contributed by atoms with E-state index in [2.05, 4.69) is 52.3 Å². The largest absolute Gasteiger partial charge is 0.393 e. The van der Waals surface area contributed by atoms with Gasteiger partial charge in [-0.3, -0.25) is 0 Å². The van der Waals surface area contributed by atoms with E-state index in [4.69, 9.17) is 10.2 Å². The van der Waals surface area contributed by atoms with E-state index >= 15 is 0 Å². The molecule has 1 atom stereocenters. The molecule has 0 amide bonds. The summed E-state index contributed by atoms with van der Waals surface area (Å²) in [5.41, 5.74) is 0. The number of aliphatic hydroxyl groups is 2. The first-order valence-corrected chi connectivity index (χ1v) is 6.08.